The Balaban J connectivity index is 1.74. The van der Waals surface area contributed by atoms with Crippen molar-refractivity contribution in [1.29, 1.82) is 0 Å². The maximum atomic E-state index is 12.6. The van der Waals surface area contributed by atoms with Crippen molar-refractivity contribution in [2.24, 2.45) is 11.7 Å². The molecule has 1 aromatic carbocycles. The van der Waals surface area contributed by atoms with Gasteiger partial charge in [0.2, 0.25) is 0 Å². The first kappa shape index (κ1) is 14.7. The van der Waals surface area contributed by atoms with E-state index in [-0.39, 0.29) is 11.9 Å². The van der Waals surface area contributed by atoms with E-state index in [2.05, 4.69) is 10.2 Å². The van der Waals surface area contributed by atoms with Crippen LogP contribution in [0, 0.1) is 5.92 Å². The van der Waals surface area contributed by atoms with E-state index >= 15 is 0 Å². The normalized spacial score (nSPS) is 19.9. The zero-order valence-corrected chi connectivity index (χ0v) is 12.7. The molecule has 0 aliphatic carbocycles. The fourth-order valence-corrected chi connectivity index (χ4v) is 2.83. The van der Waals surface area contributed by atoms with Crippen LogP contribution in [0.4, 0.5) is 0 Å². The van der Waals surface area contributed by atoms with Crippen LogP contribution in [0.25, 0.3) is 5.69 Å². The van der Waals surface area contributed by atoms with Crippen LogP contribution in [-0.2, 0) is 0 Å². The summed E-state index contributed by atoms with van der Waals surface area (Å²) in [5.74, 6) is 0.300. The van der Waals surface area contributed by atoms with Gasteiger partial charge in [-0.25, -0.2) is 0 Å². The number of aromatic nitrogens is 3. The van der Waals surface area contributed by atoms with Gasteiger partial charge in [-0.2, -0.15) is 9.90 Å². The highest BCUT2D eigenvalue weighted by atomic mass is 16.2. The Kier molecular flexibility index (Phi) is 4.20. The van der Waals surface area contributed by atoms with Crippen LogP contribution in [0.2, 0.25) is 0 Å². The molecule has 3 rings (SSSR count). The lowest BCUT2D eigenvalue weighted by Crippen LogP contribution is -2.45. The smallest absolute Gasteiger partial charge is 0.276 e. The monoisotopic (exact) mass is 299 g/mol. The highest BCUT2D eigenvalue weighted by molar-refractivity contribution is 5.92. The van der Waals surface area contributed by atoms with E-state index < -0.39 is 0 Å². The summed E-state index contributed by atoms with van der Waals surface area (Å²) in [5.41, 5.74) is 7.20. The molecule has 2 atom stereocenters. The van der Waals surface area contributed by atoms with Crippen molar-refractivity contribution < 1.29 is 4.79 Å². The quantitative estimate of drug-likeness (QED) is 0.931. The fourth-order valence-electron chi connectivity index (χ4n) is 2.83. The molecule has 2 aromatic rings. The molecule has 1 fully saturated rings. The number of nitrogens with two attached hydrogens (primary N) is 1. The molecular formula is C16H21N5O. The van der Waals surface area contributed by atoms with Gasteiger partial charge >= 0.3 is 0 Å². The molecule has 0 spiro atoms. The minimum Gasteiger partial charge on any atom is -0.337 e. The van der Waals surface area contributed by atoms with E-state index in [1.807, 2.05) is 42.2 Å². The third-order valence-electron chi connectivity index (χ3n) is 4.19. The second-order valence-electron chi connectivity index (χ2n) is 5.87. The lowest BCUT2D eigenvalue weighted by molar-refractivity contribution is 0.0654. The van der Waals surface area contributed by atoms with Gasteiger partial charge in [0.15, 0.2) is 5.69 Å². The number of hydrogen-bond acceptors (Lipinski definition) is 4. The Bertz CT molecular complexity index is 637. The predicted molar refractivity (Wildman–Crippen MR) is 83.6 cm³/mol. The highest BCUT2D eigenvalue weighted by Crippen LogP contribution is 2.20. The van der Waals surface area contributed by atoms with Gasteiger partial charge in [0.05, 0.1) is 11.9 Å². The van der Waals surface area contributed by atoms with Crippen LogP contribution in [0.15, 0.2) is 36.5 Å². The lowest BCUT2D eigenvalue weighted by Gasteiger charge is -2.34. The number of nitrogens with zero attached hydrogens (tertiary/aromatic N) is 4. The minimum absolute atomic E-state index is 0.0625. The van der Waals surface area contributed by atoms with Crippen LogP contribution in [0.1, 0.15) is 30.3 Å². The topological polar surface area (TPSA) is 77.0 Å². The molecule has 1 aromatic heterocycles. The van der Waals surface area contributed by atoms with Crippen molar-refractivity contribution in [2.45, 2.75) is 25.8 Å². The maximum absolute atomic E-state index is 12.6. The molecule has 6 heteroatoms. The number of amides is 1. The molecule has 22 heavy (non-hydrogen) atoms. The van der Waals surface area contributed by atoms with Crippen molar-refractivity contribution >= 4 is 5.91 Å². The zero-order chi connectivity index (χ0) is 15.5. The number of benzene rings is 1. The summed E-state index contributed by atoms with van der Waals surface area (Å²) >= 11 is 0. The molecule has 1 aliphatic heterocycles. The van der Waals surface area contributed by atoms with E-state index in [1.54, 1.807) is 0 Å². The predicted octanol–water partition coefficient (Wildman–Crippen LogP) is 1.47. The van der Waals surface area contributed by atoms with Crippen LogP contribution in [-0.4, -0.2) is 44.9 Å². The third kappa shape index (κ3) is 3.01. The Labute approximate surface area is 129 Å². The van der Waals surface area contributed by atoms with Crippen molar-refractivity contribution in [3.05, 3.63) is 42.2 Å². The molecule has 1 aliphatic rings. The molecule has 0 radical (unpaired) electrons. The second-order valence-corrected chi connectivity index (χ2v) is 5.87. The lowest BCUT2D eigenvalue weighted by atomic mass is 9.92. The molecule has 2 unspecified atom stereocenters. The first-order chi connectivity index (χ1) is 10.6. The summed E-state index contributed by atoms with van der Waals surface area (Å²) in [6.45, 7) is 3.47. The summed E-state index contributed by atoms with van der Waals surface area (Å²) in [6, 6.07) is 9.68. The summed E-state index contributed by atoms with van der Waals surface area (Å²) in [5, 5.41) is 8.50. The van der Waals surface area contributed by atoms with Crippen LogP contribution in [0.5, 0.6) is 0 Å². The van der Waals surface area contributed by atoms with Gasteiger partial charge in [0.1, 0.15) is 0 Å². The van der Waals surface area contributed by atoms with Crippen molar-refractivity contribution in [3.63, 3.8) is 0 Å². The van der Waals surface area contributed by atoms with Crippen molar-refractivity contribution in [1.82, 2.24) is 19.9 Å². The zero-order valence-electron chi connectivity index (χ0n) is 12.7. The third-order valence-corrected chi connectivity index (χ3v) is 4.19. The second kappa shape index (κ2) is 6.27. The number of likely N-dealkylation sites (tertiary alicyclic amines) is 1. The number of carbonyl (C=O) groups excluding carboxylic acids is 1. The van der Waals surface area contributed by atoms with Crippen LogP contribution in [0.3, 0.4) is 0 Å². The van der Waals surface area contributed by atoms with E-state index in [0.29, 0.717) is 18.2 Å². The average molecular weight is 299 g/mol. The molecule has 1 saturated heterocycles. The summed E-state index contributed by atoms with van der Waals surface area (Å²) < 4.78 is 0. The summed E-state index contributed by atoms with van der Waals surface area (Å²) in [7, 11) is 0. The van der Waals surface area contributed by atoms with Gasteiger partial charge in [-0.3, -0.25) is 4.79 Å². The number of carbonyl (C=O) groups is 1. The van der Waals surface area contributed by atoms with Gasteiger partial charge in [-0.05, 0) is 37.8 Å². The van der Waals surface area contributed by atoms with Crippen molar-refractivity contribution in [2.75, 3.05) is 13.1 Å². The Morgan fingerprint density at radius 1 is 1.36 bits per heavy atom. The first-order valence-electron chi connectivity index (χ1n) is 7.68. The minimum atomic E-state index is -0.0625. The summed E-state index contributed by atoms with van der Waals surface area (Å²) in [6.07, 6.45) is 3.60. The highest BCUT2D eigenvalue weighted by Gasteiger charge is 2.27. The SMILES string of the molecule is CC(N)C1CCCN(C(=O)c2cnn(-c3ccccc3)n2)C1. The van der Waals surface area contributed by atoms with Gasteiger partial charge < -0.3 is 10.6 Å². The largest absolute Gasteiger partial charge is 0.337 e. The number of para-hydroxylation sites is 1. The van der Waals surface area contributed by atoms with Crippen molar-refractivity contribution in [3.8, 4) is 5.69 Å². The Morgan fingerprint density at radius 2 is 2.14 bits per heavy atom. The number of rotatable bonds is 3. The number of hydrogen-bond donors (Lipinski definition) is 1. The van der Waals surface area contributed by atoms with Gasteiger partial charge in [-0.1, -0.05) is 18.2 Å². The van der Waals surface area contributed by atoms with Gasteiger partial charge in [0.25, 0.3) is 5.91 Å². The first-order valence-corrected chi connectivity index (χ1v) is 7.68. The van der Waals surface area contributed by atoms with E-state index in [4.69, 9.17) is 5.73 Å². The molecule has 0 saturated carbocycles. The Hall–Kier alpha value is -2.21. The maximum Gasteiger partial charge on any atom is 0.276 e. The van der Waals surface area contributed by atoms with E-state index in [1.165, 1.54) is 11.0 Å². The average Bonchev–Trinajstić information content (AvgIpc) is 3.05. The molecule has 116 valence electrons. The standard InChI is InChI=1S/C16H21N5O/c1-12(17)13-6-5-9-20(11-13)16(22)15-10-18-21(19-15)14-7-3-2-4-8-14/h2-4,7-8,10,12-13H,5-6,9,11,17H2,1H3. The molecule has 2 heterocycles. The molecule has 1 amide bonds. The van der Waals surface area contributed by atoms with Crippen LogP contribution >= 0.6 is 0 Å². The van der Waals surface area contributed by atoms with E-state index in [0.717, 1.165) is 25.1 Å². The molecule has 0 bridgehead atoms. The van der Waals surface area contributed by atoms with Gasteiger partial charge in [0, 0.05) is 19.1 Å². The van der Waals surface area contributed by atoms with Gasteiger partial charge in [-0.15, -0.1) is 5.10 Å². The molecular weight excluding hydrogens is 278 g/mol. The van der Waals surface area contributed by atoms with Crippen LogP contribution < -0.4 is 5.73 Å². The number of piperidine rings is 1. The van der Waals surface area contributed by atoms with E-state index in [9.17, 15) is 4.79 Å². The molecule has 6 nitrogen and oxygen atoms in total. The fraction of sp³-hybridized carbons (Fsp3) is 0.438. The molecule has 2 N–H and O–H groups in total. The summed E-state index contributed by atoms with van der Waals surface area (Å²) in [4.78, 5) is 15.9. The Morgan fingerprint density at radius 3 is 2.86 bits per heavy atom.